The van der Waals surface area contributed by atoms with Gasteiger partial charge in [0.05, 0.1) is 4.34 Å². The fourth-order valence-corrected chi connectivity index (χ4v) is 5.19. The van der Waals surface area contributed by atoms with Crippen molar-refractivity contribution in [3.8, 4) is 16.5 Å². The number of thiophene rings is 1. The van der Waals surface area contributed by atoms with Crippen LogP contribution in [0, 0.1) is 11.3 Å². The zero-order chi connectivity index (χ0) is 17.2. The molecule has 4 rings (SSSR count). The topological polar surface area (TPSA) is 39.9 Å². The van der Waals surface area contributed by atoms with Gasteiger partial charge in [-0.1, -0.05) is 18.0 Å². The van der Waals surface area contributed by atoms with Crippen molar-refractivity contribution in [3.63, 3.8) is 0 Å². The highest BCUT2D eigenvalue weighted by atomic mass is 35.5. The molecule has 0 radical (unpaired) electrons. The zero-order valence-electron chi connectivity index (χ0n) is 14.4. The van der Waals surface area contributed by atoms with Crippen LogP contribution >= 0.6 is 22.9 Å². The molecule has 130 valence electrons. The normalized spacial score (nSPS) is 17.7. The molecule has 3 heterocycles. The summed E-state index contributed by atoms with van der Waals surface area (Å²) in [5, 5.41) is 10.0. The lowest BCUT2D eigenvalue weighted by molar-refractivity contribution is 0.572. The number of rotatable bonds is 2. The van der Waals surface area contributed by atoms with E-state index in [-0.39, 0.29) is 0 Å². The third-order valence-corrected chi connectivity index (χ3v) is 6.54. The van der Waals surface area contributed by atoms with Gasteiger partial charge in [0.25, 0.3) is 0 Å². The van der Waals surface area contributed by atoms with Crippen molar-refractivity contribution in [2.45, 2.75) is 51.4 Å². The van der Waals surface area contributed by atoms with E-state index in [9.17, 15) is 5.26 Å². The highest BCUT2D eigenvalue weighted by Gasteiger charge is 2.26. The van der Waals surface area contributed by atoms with Gasteiger partial charge in [-0.15, -0.1) is 11.3 Å². The number of aryl methyl sites for hydroxylation is 1. The van der Waals surface area contributed by atoms with Crippen molar-refractivity contribution in [1.29, 1.82) is 5.26 Å². The van der Waals surface area contributed by atoms with Crippen LogP contribution in [0.5, 0.6) is 0 Å². The molecule has 2 aromatic heterocycles. The van der Waals surface area contributed by atoms with Crippen LogP contribution in [0.2, 0.25) is 4.34 Å². The average Bonchev–Trinajstić information content (AvgIpc) is 2.93. The number of hydrogen-bond acceptors (Lipinski definition) is 4. The summed E-state index contributed by atoms with van der Waals surface area (Å²) in [6.07, 6.45) is 9.28. The molecule has 2 aliphatic rings. The van der Waals surface area contributed by atoms with Crippen molar-refractivity contribution in [3.05, 3.63) is 33.3 Å². The molecule has 1 fully saturated rings. The molecular weight excluding hydrogens is 350 g/mol. The number of halogens is 1. The van der Waals surface area contributed by atoms with Crippen LogP contribution in [-0.4, -0.2) is 18.1 Å². The standard InChI is InChI=1S/C20H22ClN3S/c21-18-10-9-17(25-18)19-14-7-3-1-4-8-16(14)23-20(15(19)13-22)24-11-5-2-6-12-24/h9-10H,1-8,11-12H2. The lowest BCUT2D eigenvalue weighted by atomic mass is 9.95. The first-order valence-corrected chi connectivity index (χ1v) is 10.4. The van der Waals surface area contributed by atoms with Gasteiger partial charge in [-0.3, -0.25) is 0 Å². The molecule has 2 aromatic rings. The summed E-state index contributed by atoms with van der Waals surface area (Å²) >= 11 is 7.79. The van der Waals surface area contributed by atoms with E-state index in [0.29, 0.717) is 0 Å². The minimum absolute atomic E-state index is 0.751. The van der Waals surface area contributed by atoms with E-state index in [1.54, 1.807) is 11.3 Å². The highest BCUT2D eigenvalue weighted by Crippen LogP contribution is 2.41. The zero-order valence-corrected chi connectivity index (χ0v) is 15.9. The third kappa shape index (κ3) is 3.28. The molecule has 0 N–H and O–H groups in total. The van der Waals surface area contributed by atoms with Crippen LogP contribution in [0.3, 0.4) is 0 Å². The number of anilines is 1. The second-order valence-electron chi connectivity index (χ2n) is 6.93. The molecule has 0 unspecified atom stereocenters. The minimum atomic E-state index is 0.751. The molecule has 0 spiro atoms. The third-order valence-electron chi connectivity index (χ3n) is 5.29. The molecule has 0 saturated carbocycles. The van der Waals surface area contributed by atoms with Crippen molar-refractivity contribution in [2.24, 2.45) is 0 Å². The van der Waals surface area contributed by atoms with Gasteiger partial charge in [0.1, 0.15) is 17.5 Å². The van der Waals surface area contributed by atoms with Gasteiger partial charge in [-0.25, -0.2) is 4.98 Å². The van der Waals surface area contributed by atoms with Crippen LogP contribution < -0.4 is 4.90 Å². The molecule has 0 aromatic carbocycles. The first-order valence-electron chi connectivity index (χ1n) is 9.24. The number of piperidine rings is 1. The molecule has 1 aliphatic carbocycles. The Balaban J connectivity index is 1.94. The first kappa shape index (κ1) is 16.9. The maximum atomic E-state index is 10.0. The van der Waals surface area contributed by atoms with E-state index in [1.165, 1.54) is 49.8 Å². The van der Waals surface area contributed by atoms with Crippen LogP contribution in [0.4, 0.5) is 5.82 Å². The van der Waals surface area contributed by atoms with Crippen molar-refractivity contribution in [1.82, 2.24) is 4.98 Å². The molecule has 0 bridgehead atoms. The molecule has 5 heteroatoms. The number of pyridine rings is 1. The summed E-state index contributed by atoms with van der Waals surface area (Å²) in [7, 11) is 0. The van der Waals surface area contributed by atoms with Crippen molar-refractivity contribution in [2.75, 3.05) is 18.0 Å². The van der Waals surface area contributed by atoms with Crippen LogP contribution in [0.1, 0.15) is 55.3 Å². The molecule has 3 nitrogen and oxygen atoms in total. The summed E-state index contributed by atoms with van der Waals surface area (Å²) in [4.78, 5) is 8.47. The number of nitrogens with zero attached hydrogens (tertiary/aromatic N) is 3. The largest absolute Gasteiger partial charge is 0.355 e. The second kappa shape index (κ2) is 7.35. The Morgan fingerprint density at radius 2 is 1.80 bits per heavy atom. The summed E-state index contributed by atoms with van der Waals surface area (Å²) in [5.74, 6) is 0.905. The van der Waals surface area contributed by atoms with E-state index in [0.717, 1.165) is 52.1 Å². The number of nitriles is 1. The van der Waals surface area contributed by atoms with Gasteiger partial charge in [0.2, 0.25) is 0 Å². The predicted molar refractivity (Wildman–Crippen MR) is 105 cm³/mol. The van der Waals surface area contributed by atoms with Crippen molar-refractivity contribution < 1.29 is 0 Å². The van der Waals surface area contributed by atoms with Crippen molar-refractivity contribution >= 4 is 28.8 Å². The van der Waals surface area contributed by atoms with E-state index < -0.39 is 0 Å². The van der Waals surface area contributed by atoms with E-state index in [4.69, 9.17) is 16.6 Å². The molecule has 25 heavy (non-hydrogen) atoms. The van der Waals surface area contributed by atoms with Gasteiger partial charge in [0.15, 0.2) is 0 Å². The predicted octanol–water partition coefficient (Wildman–Crippen LogP) is 5.59. The monoisotopic (exact) mass is 371 g/mol. The number of hydrogen-bond donors (Lipinski definition) is 0. The maximum Gasteiger partial charge on any atom is 0.147 e. The molecular formula is C20H22ClN3S. The number of aromatic nitrogens is 1. The van der Waals surface area contributed by atoms with Gasteiger partial charge >= 0.3 is 0 Å². The highest BCUT2D eigenvalue weighted by molar-refractivity contribution is 7.19. The lowest BCUT2D eigenvalue weighted by Crippen LogP contribution is -2.31. The molecule has 1 aliphatic heterocycles. The Kier molecular flexibility index (Phi) is 4.96. The van der Waals surface area contributed by atoms with Gasteiger partial charge in [-0.05, 0) is 62.6 Å². The number of fused-ring (bicyclic) bond motifs is 1. The molecule has 0 atom stereocenters. The van der Waals surface area contributed by atoms with E-state index in [2.05, 4.69) is 17.0 Å². The van der Waals surface area contributed by atoms with Gasteiger partial charge in [0, 0.05) is 29.2 Å². The lowest BCUT2D eigenvalue weighted by Gasteiger charge is -2.30. The van der Waals surface area contributed by atoms with Crippen LogP contribution in [-0.2, 0) is 12.8 Å². The maximum absolute atomic E-state index is 10.0. The van der Waals surface area contributed by atoms with Gasteiger partial charge in [-0.2, -0.15) is 5.26 Å². The molecule has 1 saturated heterocycles. The summed E-state index contributed by atoms with van der Waals surface area (Å²) in [6.45, 7) is 2.01. The Morgan fingerprint density at radius 1 is 1.04 bits per heavy atom. The van der Waals surface area contributed by atoms with Crippen LogP contribution in [0.15, 0.2) is 12.1 Å². The van der Waals surface area contributed by atoms with E-state index >= 15 is 0 Å². The van der Waals surface area contributed by atoms with Crippen LogP contribution in [0.25, 0.3) is 10.4 Å². The smallest absolute Gasteiger partial charge is 0.147 e. The SMILES string of the molecule is N#Cc1c(N2CCCCC2)nc2c(c1-c1ccc(Cl)s1)CCCCC2. The fraction of sp³-hybridized carbons (Fsp3) is 0.500. The summed E-state index contributed by atoms with van der Waals surface area (Å²) in [5.41, 5.74) is 4.35. The first-order chi connectivity index (χ1) is 12.3. The Hall–Kier alpha value is -1.57. The molecule has 0 amide bonds. The minimum Gasteiger partial charge on any atom is -0.355 e. The average molecular weight is 372 g/mol. The van der Waals surface area contributed by atoms with E-state index in [1.807, 2.05) is 6.07 Å². The Morgan fingerprint density at radius 3 is 2.52 bits per heavy atom. The summed E-state index contributed by atoms with van der Waals surface area (Å²) < 4.78 is 0.776. The Bertz CT molecular complexity index is 815. The Labute approximate surface area is 158 Å². The summed E-state index contributed by atoms with van der Waals surface area (Å²) in [6, 6.07) is 6.50. The van der Waals surface area contributed by atoms with Gasteiger partial charge < -0.3 is 4.90 Å². The fourth-order valence-electron chi connectivity index (χ4n) is 4.07. The quantitative estimate of drug-likeness (QED) is 0.645. The second-order valence-corrected chi connectivity index (χ2v) is 8.65.